The molecule has 0 saturated heterocycles. The molecule has 2 amide bonds. The van der Waals surface area contributed by atoms with Crippen LogP contribution >= 0.6 is 0 Å². The van der Waals surface area contributed by atoms with Gasteiger partial charge < -0.3 is 58.3 Å². The van der Waals surface area contributed by atoms with Crippen LogP contribution in [0.1, 0.15) is 73.7 Å². The molecule has 2 aliphatic rings. The number of aliphatic hydroxyl groups is 1. The smallest absolute Gasteiger partial charge is 0.257 e. The maximum absolute atomic E-state index is 13.3. The van der Waals surface area contributed by atoms with E-state index in [2.05, 4.69) is 41.7 Å². The van der Waals surface area contributed by atoms with Crippen molar-refractivity contribution in [1.29, 1.82) is 0 Å². The Morgan fingerprint density at radius 3 is 2.60 bits per heavy atom. The lowest BCUT2D eigenvalue weighted by molar-refractivity contribution is -0.883. The average Bonchev–Trinajstić information content (AvgIpc) is 3.61. The van der Waals surface area contributed by atoms with Gasteiger partial charge in [-0.2, -0.15) is 0 Å². The van der Waals surface area contributed by atoms with Crippen molar-refractivity contribution in [1.82, 2.24) is 9.88 Å². The quantitative estimate of drug-likeness (QED) is 0.104. The number of carbonyl (C=O) groups excluding carboxylic acids is 2. The van der Waals surface area contributed by atoms with Gasteiger partial charge >= 0.3 is 0 Å². The number of nitrogens with one attached hydrogen (secondary N) is 2. The normalized spacial score (nSPS) is 17.1. The zero-order valence-electron chi connectivity index (χ0n) is 29.0. The highest BCUT2D eigenvalue weighted by Gasteiger charge is 2.26. The highest BCUT2D eigenvalue weighted by molar-refractivity contribution is 5.97. The number of fused-ring (bicyclic) bond motifs is 1. The number of nitrogens with zero attached hydrogens (tertiary/aromatic N) is 3. The number of ether oxygens (including phenoxy) is 1. The van der Waals surface area contributed by atoms with Gasteiger partial charge in [-0.05, 0) is 67.9 Å². The molecule has 2 aromatic carbocycles. The molecule has 1 aliphatic heterocycles. The molecule has 12 heteroatoms. The fraction of sp³-hybridized carbons (Fsp3) is 0.474. The summed E-state index contributed by atoms with van der Waals surface area (Å²) in [6, 6.07) is 14.5. The summed E-state index contributed by atoms with van der Waals surface area (Å²) in [6.45, 7) is 3.02. The first-order valence-corrected chi connectivity index (χ1v) is 17.3. The molecule has 1 saturated carbocycles. The fourth-order valence-electron chi connectivity index (χ4n) is 6.19. The van der Waals surface area contributed by atoms with E-state index in [1.165, 1.54) is 0 Å². The van der Waals surface area contributed by atoms with Crippen LogP contribution in [0.2, 0.25) is 0 Å². The number of pyridine rings is 1. The van der Waals surface area contributed by atoms with Crippen LogP contribution in [-0.2, 0) is 20.9 Å². The number of rotatable bonds is 13. The monoisotopic (exact) mass is 797 g/mol. The van der Waals surface area contributed by atoms with E-state index in [0.717, 1.165) is 66.4 Å². The molecule has 3 aromatic rings. The van der Waals surface area contributed by atoms with Gasteiger partial charge in [-0.3, -0.25) is 14.4 Å². The van der Waals surface area contributed by atoms with Gasteiger partial charge in [0.25, 0.3) is 5.91 Å². The van der Waals surface area contributed by atoms with E-state index >= 15 is 0 Å². The summed E-state index contributed by atoms with van der Waals surface area (Å²) in [4.78, 5) is 44.1. The Morgan fingerprint density at radius 2 is 1.84 bits per heavy atom. The predicted molar refractivity (Wildman–Crippen MR) is 190 cm³/mol. The predicted octanol–water partition coefficient (Wildman–Crippen LogP) is 1.42. The van der Waals surface area contributed by atoms with Crippen LogP contribution < -0.4 is 40.0 Å². The molecule has 1 aromatic heterocycles. The van der Waals surface area contributed by atoms with Crippen molar-refractivity contribution >= 4 is 34.3 Å². The number of anilines is 1. The second-order valence-corrected chi connectivity index (χ2v) is 13.5. The van der Waals surface area contributed by atoms with Crippen LogP contribution in [-0.4, -0.2) is 84.4 Å². The molecule has 50 heavy (non-hydrogen) atoms. The number of aromatic nitrogens is 1. The van der Waals surface area contributed by atoms with E-state index in [0.29, 0.717) is 56.7 Å². The van der Waals surface area contributed by atoms with E-state index < -0.39 is 12.0 Å². The van der Waals surface area contributed by atoms with E-state index in [1.807, 2.05) is 41.0 Å². The van der Waals surface area contributed by atoms with E-state index in [1.54, 1.807) is 18.3 Å². The number of hydrogen-bond donors (Lipinski definition) is 3. The Kier molecular flexibility index (Phi) is 14.7. The van der Waals surface area contributed by atoms with Crippen LogP contribution in [0.15, 0.2) is 64.7 Å². The number of halogens is 1. The maximum Gasteiger partial charge on any atom is 0.257 e. The Balaban J connectivity index is 0.00000562. The molecule has 0 unspecified atom stereocenters. The second kappa shape index (κ2) is 18.9. The topological polar surface area (TPSA) is 131 Å². The third-order valence-corrected chi connectivity index (χ3v) is 9.05. The molecule has 2 heterocycles. The van der Waals surface area contributed by atoms with Crippen LogP contribution in [0.25, 0.3) is 10.9 Å². The molecule has 5 rings (SSSR count). The number of carbonyl (C=O) groups is 2. The lowest BCUT2D eigenvalue weighted by Crippen LogP contribution is -3.00. The standard InChI is InChI=1S/C38H47N5O6.HI/c1-43(2,23-10-11-24-48-36-21-25-49-41-36)22-9-3-4-16-35(45)39-29-19-17-28(18-20-29)26-42-27-31(37(46)30-12-5-7-14-33(30)42)38(47)40-32-13-6-8-15-34(32)44;/h5,7,12,14,17-20,27,32,34,44H,3-4,6,8-9,13,15-16,21-26H2,1-2H3,(H-,39,40,45,47);1H/t32-,34-;/m0./s1. The second-order valence-electron chi connectivity index (χ2n) is 13.5. The van der Waals surface area contributed by atoms with E-state index in [-0.39, 0.29) is 46.9 Å². The van der Waals surface area contributed by atoms with Crippen molar-refractivity contribution in [3.63, 3.8) is 0 Å². The van der Waals surface area contributed by atoms with Crippen molar-refractivity contribution in [2.24, 2.45) is 5.16 Å². The van der Waals surface area contributed by atoms with Crippen molar-refractivity contribution in [2.45, 2.75) is 76.5 Å². The van der Waals surface area contributed by atoms with E-state index in [9.17, 15) is 19.5 Å². The summed E-state index contributed by atoms with van der Waals surface area (Å²) in [6.07, 6.45) is 8.12. The van der Waals surface area contributed by atoms with Crippen LogP contribution in [0.4, 0.5) is 5.69 Å². The van der Waals surface area contributed by atoms with Gasteiger partial charge in [-0.1, -0.05) is 48.2 Å². The van der Waals surface area contributed by atoms with Gasteiger partial charge in [0.1, 0.15) is 18.7 Å². The van der Waals surface area contributed by atoms with Crippen LogP contribution in [0.3, 0.4) is 0 Å². The summed E-state index contributed by atoms with van der Waals surface area (Å²) in [5, 5.41) is 20.5. The highest BCUT2D eigenvalue weighted by Crippen LogP contribution is 2.20. The van der Waals surface area contributed by atoms with Crippen LogP contribution in [0, 0.1) is 11.8 Å². The first-order chi connectivity index (χ1) is 23.7. The summed E-state index contributed by atoms with van der Waals surface area (Å²) in [5.41, 5.74) is 2.14. The zero-order valence-corrected chi connectivity index (χ0v) is 31.1. The van der Waals surface area contributed by atoms with Crippen molar-refractivity contribution in [2.75, 3.05) is 45.7 Å². The van der Waals surface area contributed by atoms with Crippen molar-refractivity contribution < 1.29 is 52.7 Å². The molecule has 3 N–H and O–H groups in total. The molecule has 268 valence electrons. The minimum Gasteiger partial charge on any atom is -1.00 e. The fourth-order valence-corrected chi connectivity index (χ4v) is 6.19. The minimum atomic E-state index is -0.604. The Bertz CT molecular complexity index is 1760. The van der Waals surface area contributed by atoms with Gasteiger partial charge in [-0.15, -0.1) is 0 Å². The van der Waals surface area contributed by atoms with E-state index in [4.69, 9.17) is 9.57 Å². The molecule has 0 radical (unpaired) electrons. The molecule has 0 spiro atoms. The van der Waals surface area contributed by atoms with Crippen molar-refractivity contribution in [3.05, 3.63) is 76.1 Å². The Morgan fingerprint density at radius 1 is 1.06 bits per heavy atom. The Labute approximate surface area is 311 Å². The first kappa shape index (κ1) is 38.9. The third-order valence-electron chi connectivity index (χ3n) is 9.05. The lowest BCUT2D eigenvalue weighted by Gasteiger charge is -2.28. The molecule has 0 bridgehead atoms. The SMILES string of the molecule is C[N+](C)(CC#CCOC1=NOCC1)CCCCCC(=O)Nc1ccc(Cn2cc(C(=O)N[C@H]3CCCC[C@@H]3O)c(=O)c3ccccc32)cc1.[I-]. The summed E-state index contributed by atoms with van der Waals surface area (Å²) in [5.74, 6) is 6.35. The number of para-hydroxylation sites is 1. The molecule has 11 nitrogen and oxygen atoms in total. The largest absolute Gasteiger partial charge is 1.00 e. The number of oxime groups is 1. The molecule has 1 aliphatic carbocycles. The highest BCUT2D eigenvalue weighted by atomic mass is 127. The van der Waals surface area contributed by atoms with Gasteiger partial charge in [-0.25, -0.2) is 0 Å². The molecule has 2 atom stereocenters. The molecule has 1 fully saturated rings. The number of aliphatic hydroxyl groups excluding tert-OH is 1. The molecular weight excluding hydrogens is 749 g/mol. The summed E-state index contributed by atoms with van der Waals surface area (Å²) < 4.78 is 8.14. The molecular formula is C38H48IN5O6. The third kappa shape index (κ3) is 11.3. The lowest BCUT2D eigenvalue weighted by atomic mass is 9.92. The Hall–Kier alpha value is -3.93. The van der Waals surface area contributed by atoms with Gasteiger partial charge in [0.05, 0.1) is 44.7 Å². The number of amides is 2. The van der Waals surface area contributed by atoms with Crippen LogP contribution in [0.5, 0.6) is 0 Å². The van der Waals surface area contributed by atoms with Crippen molar-refractivity contribution in [3.8, 4) is 11.8 Å². The summed E-state index contributed by atoms with van der Waals surface area (Å²) in [7, 11) is 4.31. The van der Waals surface area contributed by atoms with Gasteiger partial charge in [0, 0.05) is 30.2 Å². The number of benzene rings is 2. The first-order valence-electron chi connectivity index (χ1n) is 17.3. The minimum absolute atomic E-state index is 0. The maximum atomic E-state index is 13.3. The average molecular weight is 798 g/mol. The summed E-state index contributed by atoms with van der Waals surface area (Å²) >= 11 is 0. The van der Waals surface area contributed by atoms with Gasteiger partial charge in [0.2, 0.25) is 17.2 Å². The number of quaternary nitrogens is 1. The van der Waals surface area contributed by atoms with Gasteiger partial charge in [0.15, 0.2) is 6.61 Å². The zero-order chi connectivity index (χ0) is 34.6. The number of unbranched alkanes of at least 4 members (excludes halogenated alkanes) is 2. The number of hydrogen-bond acceptors (Lipinski definition) is 7.